The third kappa shape index (κ3) is 4.84. The summed E-state index contributed by atoms with van der Waals surface area (Å²) in [6.07, 6.45) is 1.73. The van der Waals surface area contributed by atoms with E-state index in [4.69, 9.17) is 5.73 Å². The van der Waals surface area contributed by atoms with Crippen LogP contribution in [0.2, 0.25) is 0 Å². The van der Waals surface area contributed by atoms with Crippen LogP contribution in [0.1, 0.15) is 37.8 Å². The van der Waals surface area contributed by atoms with Gasteiger partial charge in [-0.15, -0.1) is 11.8 Å². The number of nitrogens with two attached hydrogens (primary N) is 1. The van der Waals surface area contributed by atoms with Crippen molar-refractivity contribution in [3.63, 3.8) is 0 Å². The zero-order valence-corrected chi connectivity index (χ0v) is 13.8. The molecule has 0 bridgehead atoms. The Balaban J connectivity index is 2.55. The average Bonchev–Trinajstić information content (AvgIpc) is 2.40. The van der Waals surface area contributed by atoms with Gasteiger partial charge in [-0.05, 0) is 63.4 Å². The molecule has 1 aromatic rings. The summed E-state index contributed by atoms with van der Waals surface area (Å²) < 4.78 is 0. The molecule has 1 unspecified atom stereocenters. The highest BCUT2D eigenvalue weighted by Crippen LogP contribution is 2.24. The van der Waals surface area contributed by atoms with Gasteiger partial charge in [0.2, 0.25) is 5.91 Å². The first kappa shape index (κ1) is 17.1. The largest absolute Gasteiger partial charge is 0.368 e. The van der Waals surface area contributed by atoms with Gasteiger partial charge in [0.25, 0.3) is 0 Å². The molecular weight excluding hydrogens is 268 g/mol. The summed E-state index contributed by atoms with van der Waals surface area (Å²) in [5, 5.41) is 3.26. The first-order chi connectivity index (χ1) is 9.39. The Bertz CT molecular complexity index is 462. The van der Waals surface area contributed by atoms with E-state index in [1.165, 1.54) is 16.0 Å². The van der Waals surface area contributed by atoms with Crippen LogP contribution in [0, 0.1) is 13.8 Å². The zero-order valence-electron chi connectivity index (χ0n) is 13.0. The van der Waals surface area contributed by atoms with Gasteiger partial charge in [0, 0.05) is 10.6 Å². The maximum Gasteiger partial charge on any atom is 0.237 e. The van der Waals surface area contributed by atoms with Gasteiger partial charge in [-0.1, -0.05) is 13.0 Å². The number of hydrogen-bond acceptors (Lipinski definition) is 3. The first-order valence-corrected chi connectivity index (χ1v) is 8.12. The van der Waals surface area contributed by atoms with Crippen molar-refractivity contribution in [1.82, 2.24) is 5.32 Å². The molecule has 0 saturated carbocycles. The highest BCUT2D eigenvalue weighted by atomic mass is 32.2. The smallest absolute Gasteiger partial charge is 0.237 e. The van der Waals surface area contributed by atoms with Crippen molar-refractivity contribution in [3.8, 4) is 0 Å². The monoisotopic (exact) mass is 294 g/mol. The van der Waals surface area contributed by atoms with Crippen LogP contribution >= 0.6 is 11.8 Å². The van der Waals surface area contributed by atoms with E-state index in [0.29, 0.717) is 0 Å². The second-order valence-electron chi connectivity index (χ2n) is 5.47. The molecule has 1 amide bonds. The van der Waals surface area contributed by atoms with E-state index in [2.05, 4.69) is 44.3 Å². The standard InChI is InChI=1S/C16H26N2OS/c1-5-9-18-16(4,15(17)19)8-10-20-14-7-6-12(2)13(3)11-14/h6-7,11,18H,5,8-10H2,1-4H3,(H2,17,19). The summed E-state index contributed by atoms with van der Waals surface area (Å²) in [7, 11) is 0. The molecule has 1 atom stereocenters. The lowest BCUT2D eigenvalue weighted by Gasteiger charge is -2.27. The molecule has 0 aliphatic rings. The Hall–Kier alpha value is -1.00. The number of aryl methyl sites for hydroxylation is 2. The molecule has 0 heterocycles. The number of rotatable bonds is 8. The molecule has 4 heteroatoms. The SMILES string of the molecule is CCCNC(C)(CCSc1ccc(C)c(C)c1)C(N)=O. The highest BCUT2D eigenvalue weighted by Gasteiger charge is 2.29. The van der Waals surface area contributed by atoms with E-state index >= 15 is 0 Å². The minimum atomic E-state index is -0.608. The van der Waals surface area contributed by atoms with E-state index in [1.54, 1.807) is 11.8 Å². The minimum absolute atomic E-state index is 0.272. The molecular formula is C16H26N2OS. The Morgan fingerprint density at radius 2 is 2.05 bits per heavy atom. The van der Waals surface area contributed by atoms with Crippen molar-refractivity contribution in [3.05, 3.63) is 29.3 Å². The summed E-state index contributed by atoms with van der Waals surface area (Å²) >= 11 is 1.77. The van der Waals surface area contributed by atoms with Crippen LogP contribution in [0.4, 0.5) is 0 Å². The Morgan fingerprint density at radius 3 is 2.60 bits per heavy atom. The van der Waals surface area contributed by atoms with Crippen molar-refractivity contribution < 1.29 is 4.79 Å². The Kier molecular flexibility index (Phi) is 6.56. The van der Waals surface area contributed by atoms with Crippen molar-refractivity contribution >= 4 is 17.7 Å². The fourth-order valence-corrected chi connectivity index (χ4v) is 3.05. The maximum absolute atomic E-state index is 11.6. The number of hydrogen-bond donors (Lipinski definition) is 2. The fraction of sp³-hybridized carbons (Fsp3) is 0.562. The molecule has 0 spiro atoms. The van der Waals surface area contributed by atoms with Crippen molar-refractivity contribution in [1.29, 1.82) is 0 Å². The summed E-state index contributed by atoms with van der Waals surface area (Å²) in [4.78, 5) is 12.9. The summed E-state index contributed by atoms with van der Waals surface area (Å²) in [5.41, 5.74) is 7.53. The minimum Gasteiger partial charge on any atom is -0.368 e. The van der Waals surface area contributed by atoms with Crippen LogP contribution in [-0.2, 0) is 4.79 Å². The van der Waals surface area contributed by atoms with Crippen LogP contribution in [0.3, 0.4) is 0 Å². The predicted octanol–water partition coefficient (Wildman–Crippen LogP) is 3.03. The van der Waals surface area contributed by atoms with E-state index in [-0.39, 0.29) is 5.91 Å². The van der Waals surface area contributed by atoms with Crippen LogP contribution in [-0.4, -0.2) is 23.7 Å². The van der Waals surface area contributed by atoms with Crippen LogP contribution < -0.4 is 11.1 Å². The van der Waals surface area contributed by atoms with Crippen LogP contribution in [0.15, 0.2) is 23.1 Å². The first-order valence-electron chi connectivity index (χ1n) is 7.14. The topological polar surface area (TPSA) is 55.1 Å². The number of primary amides is 1. The number of thioether (sulfide) groups is 1. The number of nitrogens with one attached hydrogen (secondary N) is 1. The summed E-state index contributed by atoms with van der Waals surface area (Å²) in [5.74, 6) is 0.602. The van der Waals surface area contributed by atoms with Crippen LogP contribution in [0.25, 0.3) is 0 Å². The third-order valence-corrected chi connectivity index (χ3v) is 4.65. The van der Waals surface area contributed by atoms with Gasteiger partial charge in [-0.2, -0.15) is 0 Å². The highest BCUT2D eigenvalue weighted by molar-refractivity contribution is 7.99. The lowest BCUT2D eigenvalue weighted by Crippen LogP contribution is -2.53. The van der Waals surface area contributed by atoms with Gasteiger partial charge in [0.05, 0.1) is 5.54 Å². The van der Waals surface area contributed by atoms with E-state index in [9.17, 15) is 4.79 Å². The molecule has 112 valence electrons. The maximum atomic E-state index is 11.6. The van der Waals surface area contributed by atoms with Gasteiger partial charge in [0.15, 0.2) is 0 Å². The van der Waals surface area contributed by atoms with Gasteiger partial charge in [0.1, 0.15) is 0 Å². The second-order valence-corrected chi connectivity index (χ2v) is 6.64. The molecule has 0 aliphatic carbocycles. The lowest BCUT2D eigenvalue weighted by molar-refractivity contribution is -0.123. The van der Waals surface area contributed by atoms with Gasteiger partial charge < -0.3 is 11.1 Å². The second kappa shape index (κ2) is 7.70. The number of carbonyl (C=O) groups is 1. The lowest BCUT2D eigenvalue weighted by atomic mass is 9.98. The van der Waals surface area contributed by atoms with Gasteiger partial charge in [-0.3, -0.25) is 4.79 Å². The normalized spacial score (nSPS) is 14.0. The third-order valence-electron chi connectivity index (χ3n) is 3.66. The summed E-state index contributed by atoms with van der Waals surface area (Å²) in [6, 6.07) is 6.47. The zero-order chi connectivity index (χ0) is 15.2. The Morgan fingerprint density at radius 1 is 1.35 bits per heavy atom. The number of benzene rings is 1. The molecule has 3 N–H and O–H groups in total. The summed E-state index contributed by atoms with van der Waals surface area (Å²) in [6.45, 7) is 9.02. The van der Waals surface area contributed by atoms with Crippen molar-refractivity contribution in [2.45, 2.75) is 51.0 Å². The van der Waals surface area contributed by atoms with Crippen molar-refractivity contribution in [2.24, 2.45) is 5.73 Å². The molecule has 20 heavy (non-hydrogen) atoms. The molecule has 0 aromatic heterocycles. The van der Waals surface area contributed by atoms with E-state index in [1.807, 2.05) is 6.92 Å². The van der Waals surface area contributed by atoms with E-state index < -0.39 is 5.54 Å². The molecule has 0 fully saturated rings. The van der Waals surface area contributed by atoms with Gasteiger partial charge >= 0.3 is 0 Å². The number of carbonyl (C=O) groups excluding carboxylic acids is 1. The van der Waals surface area contributed by atoms with Crippen LogP contribution in [0.5, 0.6) is 0 Å². The van der Waals surface area contributed by atoms with Crippen molar-refractivity contribution in [2.75, 3.05) is 12.3 Å². The predicted molar refractivity (Wildman–Crippen MR) is 87.2 cm³/mol. The quantitative estimate of drug-likeness (QED) is 0.725. The Labute approximate surface area is 126 Å². The molecule has 1 aromatic carbocycles. The molecule has 1 rings (SSSR count). The average molecular weight is 294 g/mol. The molecule has 0 saturated heterocycles. The van der Waals surface area contributed by atoms with E-state index in [0.717, 1.165) is 25.1 Å². The van der Waals surface area contributed by atoms with Gasteiger partial charge in [-0.25, -0.2) is 0 Å². The number of amides is 1. The fourth-order valence-electron chi connectivity index (χ4n) is 1.88. The molecule has 0 radical (unpaired) electrons. The molecule has 3 nitrogen and oxygen atoms in total. The molecule has 0 aliphatic heterocycles.